The number of fused-ring (bicyclic) bond motifs is 2. The van der Waals surface area contributed by atoms with Crippen LogP contribution in [-0.4, -0.2) is 29.9 Å². The van der Waals surface area contributed by atoms with Crippen LogP contribution in [0.15, 0.2) is 45.7 Å². The van der Waals surface area contributed by atoms with E-state index >= 15 is 0 Å². The summed E-state index contributed by atoms with van der Waals surface area (Å²) in [4.78, 5) is 17.6. The largest absolute Gasteiger partial charge is 0.486 e. The van der Waals surface area contributed by atoms with E-state index in [2.05, 4.69) is 10.3 Å². The Hall–Kier alpha value is -2.67. The Labute approximate surface area is 154 Å². The van der Waals surface area contributed by atoms with Gasteiger partial charge in [-0.1, -0.05) is 6.92 Å². The number of nitrogens with one attached hydrogen (secondary N) is 1. The van der Waals surface area contributed by atoms with Crippen LogP contribution in [0.2, 0.25) is 0 Å². The average molecular weight is 370 g/mol. The maximum Gasteiger partial charge on any atom is 0.234 e. The number of amides is 1. The molecule has 0 saturated heterocycles. The number of anilines is 1. The monoisotopic (exact) mass is 370 g/mol. The molecule has 7 heteroatoms. The SMILES string of the molecule is CCc1nc2cc(NC(=O)CSc3ccc4c(c3)OCCO4)ccc2o1. The normalized spacial score (nSPS) is 13.0. The number of oxazole rings is 1. The van der Waals surface area contributed by atoms with E-state index < -0.39 is 0 Å². The van der Waals surface area contributed by atoms with E-state index in [1.807, 2.05) is 43.3 Å². The third kappa shape index (κ3) is 3.62. The highest BCUT2D eigenvalue weighted by Crippen LogP contribution is 2.34. The first kappa shape index (κ1) is 16.8. The van der Waals surface area contributed by atoms with Crippen LogP contribution in [0.5, 0.6) is 11.5 Å². The minimum absolute atomic E-state index is 0.0801. The summed E-state index contributed by atoms with van der Waals surface area (Å²) in [6.45, 7) is 3.10. The Morgan fingerprint density at radius 3 is 2.85 bits per heavy atom. The molecule has 134 valence electrons. The standard InChI is InChI=1S/C19H18N2O4S/c1-2-19-21-14-9-12(3-5-15(14)25-19)20-18(22)11-26-13-4-6-16-17(10-13)24-8-7-23-16/h3-6,9-10H,2,7-8,11H2,1H3,(H,20,22). The number of carbonyl (C=O) groups is 1. The quantitative estimate of drug-likeness (QED) is 0.687. The molecule has 26 heavy (non-hydrogen) atoms. The zero-order chi connectivity index (χ0) is 17.9. The Bertz CT molecular complexity index is 954. The van der Waals surface area contributed by atoms with E-state index in [0.29, 0.717) is 30.5 Å². The molecule has 0 unspecified atom stereocenters. The highest BCUT2D eigenvalue weighted by Gasteiger charge is 2.13. The summed E-state index contributed by atoms with van der Waals surface area (Å²) in [6.07, 6.45) is 0.739. The van der Waals surface area contributed by atoms with E-state index in [4.69, 9.17) is 13.9 Å². The first-order valence-corrected chi connectivity index (χ1v) is 9.41. The predicted molar refractivity (Wildman–Crippen MR) is 100 cm³/mol. The Morgan fingerprint density at radius 2 is 2.00 bits per heavy atom. The summed E-state index contributed by atoms with van der Waals surface area (Å²) >= 11 is 1.45. The maximum atomic E-state index is 12.2. The van der Waals surface area contributed by atoms with Crippen molar-refractivity contribution in [1.29, 1.82) is 0 Å². The lowest BCUT2D eigenvalue weighted by Gasteiger charge is -2.18. The third-order valence-electron chi connectivity index (χ3n) is 3.90. The number of hydrogen-bond acceptors (Lipinski definition) is 6. The highest BCUT2D eigenvalue weighted by atomic mass is 32.2. The van der Waals surface area contributed by atoms with Gasteiger partial charge in [-0.3, -0.25) is 4.79 Å². The number of aryl methyl sites for hydroxylation is 1. The lowest BCUT2D eigenvalue weighted by molar-refractivity contribution is -0.113. The lowest BCUT2D eigenvalue weighted by Crippen LogP contribution is -2.15. The molecule has 1 amide bonds. The van der Waals surface area contributed by atoms with Crippen molar-refractivity contribution in [2.45, 2.75) is 18.2 Å². The minimum atomic E-state index is -0.0801. The van der Waals surface area contributed by atoms with Gasteiger partial charge in [-0.2, -0.15) is 0 Å². The van der Waals surface area contributed by atoms with Crippen LogP contribution in [0.4, 0.5) is 5.69 Å². The number of nitrogens with zero attached hydrogens (tertiary/aromatic N) is 1. The van der Waals surface area contributed by atoms with Gasteiger partial charge in [0.15, 0.2) is 23.0 Å². The topological polar surface area (TPSA) is 73.6 Å². The lowest BCUT2D eigenvalue weighted by atomic mass is 10.3. The molecule has 1 aliphatic rings. The van der Waals surface area contributed by atoms with Crippen molar-refractivity contribution < 1.29 is 18.7 Å². The van der Waals surface area contributed by atoms with Gasteiger partial charge in [0, 0.05) is 17.0 Å². The molecule has 0 saturated carbocycles. The second-order valence-corrected chi connectivity index (χ2v) is 6.83. The van der Waals surface area contributed by atoms with Gasteiger partial charge in [-0.15, -0.1) is 11.8 Å². The maximum absolute atomic E-state index is 12.2. The molecule has 0 radical (unpaired) electrons. The van der Waals surface area contributed by atoms with Crippen LogP contribution in [0.25, 0.3) is 11.1 Å². The molecule has 3 aromatic rings. The number of benzene rings is 2. The molecular weight excluding hydrogens is 352 g/mol. The van der Waals surface area contributed by atoms with E-state index in [9.17, 15) is 4.79 Å². The molecule has 0 atom stereocenters. The second-order valence-electron chi connectivity index (χ2n) is 5.79. The van der Waals surface area contributed by atoms with Crippen molar-refractivity contribution in [2.24, 2.45) is 0 Å². The van der Waals surface area contributed by atoms with Gasteiger partial charge in [0.05, 0.1) is 5.75 Å². The summed E-state index contributed by atoms with van der Waals surface area (Å²) < 4.78 is 16.6. The molecule has 2 aromatic carbocycles. The number of ether oxygens (including phenoxy) is 2. The molecule has 1 aliphatic heterocycles. The number of thioether (sulfide) groups is 1. The van der Waals surface area contributed by atoms with Crippen LogP contribution in [0.1, 0.15) is 12.8 Å². The number of rotatable bonds is 5. The predicted octanol–water partition coefficient (Wildman–Crippen LogP) is 3.89. The molecule has 0 spiro atoms. The molecule has 1 N–H and O–H groups in total. The molecule has 0 aliphatic carbocycles. The van der Waals surface area contributed by atoms with E-state index in [-0.39, 0.29) is 5.91 Å². The molecule has 0 bridgehead atoms. The van der Waals surface area contributed by atoms with Gasteiger partial charge in [0.25, 0.3) is 0 Å². The fourth-order valence-electron chi connectivity index (χ4n) is 2.66. The van der Waals surface area contributed by atoms with Crippen LogP contribution in [0.3, 0.4) is 0 Å². The molecule has 1 aromatic heterocycles. The van der Waals surface area contributed by atoms with Crippen LogP contribution in [-0.2, 0) is 11.2 Å². The Kier molecular flexibility index (Phi) is 4.71. The van der Waals surface area contributed by atoms with Crippen molar-refractivity contribution in [2.75, 3.05) is 24.3 Å². The van der Waals surface area contributed by atoms with Crippen molar-refractivity contribution >= 4 is 34.5 Å². The van der Waals surface area contributed by atoms with Gasteiger partial charge >= 0.3 is 0 Å². The van der Waals surface area contributed by atoms with Gasteiger partial charge < -0.3 is 19.2 Å². The van der Waals surface area contributed by atoms with Gasteiger partial charge in [-0.05, 0) is 36.4 Å². The second kappa shape index (κ2) is 7.29. The summed E-state index contributed by atoms with van der Waals surface area (Å²) in [5, 5.41) is 2.90. The molecule has 6 nitrogen and oxygen atoms in total. The zero-order valence-electron chi connectivity index (χ0n) is 14.3. The van der Waals surface area contributed by atoms with Gasteiger partial charge in [0.2, 0.25) is 5.91 Å². The van der Waals surface area contributed by atoms with Gasteiger partial charge in [0.1, 0.15) is 18.7 Å². The molecular formula is C19H18N2O4S. The van der Waals surface area contributed by atoms with Crippen molar-refractivity contribution in [3.63, 3.8) is 0 Å². The first-order chi connectivity index (χ1) is 12.7. The van der Waals surface area contributed by atoms with Crippen LogP contribution in [0, 0.1) is 0 Å². The minimum Gasteiger partial charge on any atom is -0.486 e. The van der Waals surface area contributed by atoms with E-state index in [1.54, 1.807) is 0 Å². The van der Waals surface area contributed by atoms with Crippen LogP contribution < -0.4 is 14.8 Å². The third-order valence-corrected chi connectivity index (χ3v) is 4.90. The Balaban J connectivity index is 1.38. The first-order valence-electron chi connectivity index (χ1n) is 8.43. The zero-order valence-corrected chi connectivity index (χ0v) is 15.1. The summed E-state index contributed by atoms with van der Waals surface area (Å²) in [6, 6.07) is 11.2. The Morgan fingerprint density at radius 1 is 1.15 bits per heavy atom. The van der Waals surface area contributed by atoms with Crippen LogP contribution >= 0.6 is 11.8 Å². The van der Waals surface area contributed by atoms with Crippen molar-refractivity contribution in [3.8, 4) is 11.5 Å². The smallest absolute Gasteiger partial charge is 0.234 e. The number of aromatic nitrogens is 1. The summed E-state index contributed by atoms with van der Waals surface area (Å²) in [5.41, 5.74) is 2.19. The average Bonchev–Trinajstić information content (AvgIpc) is 3.08. The fraction of sp³-hybridized carbons (Fsp3) is 0.263. The van der Waals surface area contributed by atoms with Crippen molar-refractivity contribution in [1.82, 2.24) is 4.98 Å². The molecule has 4 rings (SSSR count). The van der Waals surface area contributed by atoms with E-state index in [1.165, 1.54) is 11.8 Å². The molecule has 0 fully saturated rings. The van der Waals surface area contributed by atoms with E-state index in [0.717, 1.165) is 33.9 Å². The van der Waals surface area contributed by atoms with Crippen molar-refractivity contribution in [3.05, 3.63) is 42.3 Å². The fourth-order valence-corrected chi connectivity index (χ4v) is 3.39. The number of hydrogen-bond donors (Lipinski definition) is 1. The highest BCUT2D eigenvalue weighted by molar-refractivity contribution is 8.00. The van der Waals surface area contributed by atoms with Gasteiger partial charge in [-0.25, -0.2) is 4.98 Å². The molecule has 2 heterocycles. The summed E-state index contributed by atoms with van der Waals surface area (Å²) in [7, 11) is 0. The summed E-state index contributed by atoms with van der Waals surface area (Å²) in [5.74, 6) is 2.39. The number of carbonyl (C=O) groups excluding carboxylic acids is 1.